The molecular formula is C13H17I. The Balaban J connectivity index is 2.64. The van der Waals surface area contributed by atoms with Crippen LogP contribution in [0.15, 0.2) is 29.8 Å². The number of benzene rings is 1. The second kappa shape index (κ2) is 6.23. The standard InChI is InChI=1S/C13H17I/c1-11(2)10-13-7-5-12(6-8-13)4-3-9-14/h5-8,10H,3-4,9H2,1-2H3. The molecule has 1 aromatic carbocycles. The summed E-state index contributed by atoms with van der Waals surface area (Å²) in [4.78, 5) is 0. The average molecular weight is 300 g/mol. The first-order chi connectivity index (χ1) is 6.72. The lowest BCUT2D eigenvalue weighted by atomic mass is 10.1. The van der Waals surface area contributed by atoms with E-state index in [2.05, 4.69) is 66.8 Å². The lowest BCUT2D eigenvalue weighted by Crippen LogP contribution is -1.85. The highest BCUT2D eigenvalue weighted by Crippen LogP contribution is 2.10. The minimum atomic E-state index is 1.21. The van der Waals surface area contributed by atoms with Crippen molar-refractivity contribution in [1.29, 1.82) is 0 Å². The van der Waals surface area contributed by atoms with Crippen LogP contribution in [0.3, 0.4) is 0 Å². The maximum Gasteiger partial charge on any atom is -0.000156 e. The van der Waals surface area contributed by atoms with Crippen LogP contribution in [0.1, 0.15) is 31.4 Å². The van der Waals surface area contributed by atoms with Crippen LogP contribution in [-0.2, 0) is 6.42 Å². The second-order valence-corrected chi connectivity index (χ2v) is 4.83. The molecule has 0 aliphatic rings. The molecule has 0 saturated heterocycles. The van der Waals surface area contributed by atoms with Gasteiger partial charge in [-0.05, 0) is 42.2 Å². The normalized spacial score (nSPS) is 9.93. The van der Waals surface area contributed by atoms with E-state index >= 15 is 0 Å². The van der Waals surface area contributed by atoms with E-state index in [1.165, 1.54) is 34.0 Å². The number of halogens is 1. The van der Waals surface area contributed by atoms with Crippen LogP contribution in [0.2, 0.25) is 0 Å². The fraction of sp³-hybridized carbons (Fsp3) is 0.385. The third kappa shape index (κ3) is 4.27. The highest BCUT2D eigenvalue weighted by atomic mass is 127. The molecule has 0 saturated carbocycles. The monoisotopic (exact) mass is 300 g/mol. The Hall–Kier alpha value is -0.310. The summed E-state index contributed by atoms with van der Waals surface area (Å²) in [6.07, 6.45) is 4.70. The van der Waals surface area contributed by atoms with Gasteiger partial charge >= 0.3 is 0 Å². The first-order valence-electron chi connectivity index (χ1n) is 5.02. The van der Waals surface area contributed by atoms with Crippen LogP contribution in [0.4, 0.5) is 0 Å². The van der Waals surface area contributed by atoms with Crippen molar-refractivity contribution in [2.24, 2.45) is 0 Å². The zero-order chi connectivity index (χ0) is 10.4. The SMILES string of the molecule is CC(C)=Cc1ccc(CCCI)cc1. The molecule has 0 unspecified atom stereocenters. The minimum Gasteiger partial charge on any atom is -0.0864 e. The van der Waals surface area contributed by atoms with E-state index in [0.29, 0.717) is 0 Å². The first-order valence-corrected chi connectivity index (χ1v) is 6.55. The zero-order valence-corrected chi connectivity index (χ0v) is 11.0. The predicted molar refractivity (Wildman–Crippen MR) is 73.0 cm³/mol. The highest BCUT2D eigenvalue weighted by Gasteiger charge is 1.92. The van der Waals surface area contributed by atoms with Gasteiger partial charge in [0.1, 0.15) is 0 Å². The van der Waals surface area contributed by atoms with Crippen molar-refractivity contribution in [3.8, 4) is 0 Å². The summed E-state index contributed by atoms with van der Waals surface area (Å²) in [6, 6.07) is 8.88. The molecule has 1 rings (SSSR count). The lowest BCUT2D eigenvalue weighted by molar-refractivity contribution is 0.946. The Morgan fingerprint density at radius 3 is 2.36 bits per heavy atom. The number of rotatable bonds is 4. The van der Waals surface area contributed by atoms with Crippen molar-refractivity contribution >= 4 is 28.7 Å². The van der Waals surface area contributed by atoms with Crippen LogP contribution >= 0.6 is 22.6 Å². The van der Waals surface area contributed by atoms with Gasteiger partial charge in [-0.3, -0.25) is 0 Å². The maximum absolute atomic E-state index is 2.43. The molecule has 0 spiro atoms. The van der Waals surface area contributed by atoms with Crippen LogP contribution < -0.4 is 0 Å². The number of aryl methyl sites for hydroxylation is 1. The Bertz CT molecular complexity index is 292. The lowest BCUT2D eigenvalue weighted by Gasteiger charge is -2.00. The molecule has 0 nitrogen and oxygen atoms in total. The summed E-state index contributed by atoms with van der Waals surface area (Å²) in [5.74, 6) is 0. The first kappa shape index (κ1) is 11.8. The van der Waals surface area contributed by atoms with E-state index in [0.717, 1.165) is 0 Å². The van der Waals surface area contributed by atoms with E-state index < -0.39 is 0 Å². The van der Waals surface area contributed by atoms with Crippen molar-refractivity contribution < 1.29 is 0 Å². The van der Waals surface area contributed by atoms with Crippen molar-refractivity contribution in [2.45, 2.75) is 26.7 Å². The molecule has 0 aromatic heterocycles. The van der Waals surface area contributed by atoms with E-state index in [-0.39, 0.29) is 0 Å². The number of hydrogen-bond acceptors (Lipinski definition) is 0. The van der Waals surface area contributed by atoms with Crippen molar-refractivity contribution in [3.63, 3.8) is 0 Å². The van der Waals surface area contributed by atoms with Gasteiger partial charge in [0.15, 0.2) is 0 Å². The van der Waals surface area contributed by atoms with Gasteiger partial charge in [0.05, 0.1) is 0 Å². The Morgan fingerprint density at radius 2 is 1.86 bits per heavy atom. The van der Waals surface area contributed by atoms with Gasteiger partial charge in [-0.2, -0.15) is 0 Å². The van der Waals surface area contributed by atoms with E-state index in [1.807, 2.05) is 0 Å². The van der Waals surface area contributed by atoms with Gasteiger partial charge in [0.25, 0.3) is 0 Å². The molecular weight excluding hydrogens is 283 g/mol. The van der Waals surface area contributed by atoms with Gasteiger partial charge in [-0.15, -0.1) is 0 Å². The molecule has 0 aliphatic heterocycles. The smallest absolute Gasteiger partial charge is 0.000156 e. The molecule has 0 amide bonds. The maximum atomic E-state index is 2.43. The zero-order valence-electron chi connectivity index (χ0n) is 8.89. The van der Waals surface area contributed by atoms with E-state index in [9.17, 15) is 0 Å². The minimum absolute atomic E-state index is 1.21. The van der Waals surface area contributed by atoms with Crippen LogP contribution in [0.5, 0.6) is 0 Å². The third-order valence-electron chi connectivity index (χ3n) is 2.03. The Kier molecular flexibility index (Phi) is 5.23. The summed E-state index contributed by atoms with van der Waals surface area (Å²) >= 11 is 2.43. The molecule has 76 valence electrons. The summed E-state index contributed by atoms with van der Waals surface area (Å²) in [5.41, 5.74) is 4.11. The van der Waals surface area contributed by atoms with Gasteiger partial charge in [0.2, 0.25) is 0 Å². The van der Waals surface area contributed by atoms with Crippen LogP contribution in [-0.4, -0.2) is 4.43 Å². The molecule has 0 N–H and O–H groups in total. The predicted octanol–water partition coefficient (Wildman–Crippen LogP) is 4.48. The molecule has 0 heterocycles. The second-order valence-electron chi connectivity index (χ2n) is 3.76. The summed E-state index contributed by atoms with van der Waals surface area (Å²) in [6.45, 7) is 4.26. The van der Waals surface area contributed by atoms with Crippen molar-refractivity contribution in [1.82, 2.24) is 0 Å². The fourth-order valence-electron chi connectivity index (χ4n) is 1.38. The molecule has 0 fully saturated rings. The van der Waals surface area contributed by atoms with Crippen molar-refractivity contribution in [3.05, 3.63) is 41.0 Å². The van der Waals surface area contributed by atoms with Gasteiger partial charge in [-0.25, -0.2) is 0 Å². The highest BCUT2D eigenvalue weighted by molar-refractivity contribution is 14.1. The summed E-state index contributed by atoms with van der Waals surface area (Å²) in [5, 5.41) is 0. The van der Waals surface area contributed by atoms with Gasteiger partial charge < -0.3 is 0 Å². The molecule has 1 heteroatoms. The molecule has 0 atom stereocenters. The Morgan fingerprint density at radius 1 is 1.21 bits per heavy atom. The third-order valence-corrected chi connectivity index (χ3v) is 2.80. The van der Waals surface area contributed by atoms with Crippen LogP contribution in [0, 0.1) is 0 Å². The van der Waals surface area contributed by atoms with Crippen molar-refractivity contribution in [2.75, 3.05) is 4.43 Å². The van der Waals surface area contributed by atoms with Gasteiger partial charge in [0, 0.05) is 0 Å². The molecule has 0 bridgehead atoms. The number of alkyl halides is 1. The van der Waals surface area contributed by atoms with Gasteiger partial charge in [-0.1, -0.05) is 58.5 Å². The topological polar surface area (TPSA) is 0 Å². The largest absolute Gasteiger partial charge is 0.0864 e. The molecule has 0 radical (unpaired) electrons. The molecule has 0 aliphatic carbocycles. The summed E-state index contributed by atoms with van der Waals surface area (Å²) in [7, 11) is 0. The molecule has 1 aromatic rings. The number of hydrogen-bond donors (Lipinski definition) is 0. The van der Waals surface area contributed by atoms with E-state index in [4.69, 9.17) is 0 Å². The summed E-state index contributed by atoms with van der Waals surface area (Å²) < 4.78 is 1.24. The number of allylic oxidation sites excluding steroid dienone is 1. The average Bonchev–Trinajstić information content (AvgIpc) is 2.16. The quantitative estimate of drug-likeness (QED) is 0.568. The Labute approximate surface area is 101 Å². The van der Waals surface area contributed by atoms with E-state index in [1.54, 1.807) is 0 Å². The van der Waals surface area contributed by atoms with Crippen LogP contribution in [0.25, 0.3) is 6.08 Å². The fourth-order valence-corrected chi connectivity index (χ4v) is 1.77. The molecule has 14 heavy (non-hydrogen) atoms.